The van der Waals surface area contributed by atoms with E-state index in [1.54, 1.807) is 13.8 Å². The Morgan fingerprint density at radius 2 is 1.78 bits per heavy atom. The molecule has 0 heterocycles. The van der Waals surface area contributed by atoms with E-state index >= 15 is 0 Å². The molecule has 0 spiro atoms. The van der Waals surface area contributed by atoms with Crippen molar-refractivity contribution in [3.8, 4) is 0 Å². The predicted molar refractivity (Wildman–Crippen MR) is 35.5 cm³/mol. The number of Topliss-reactive ketones (excluding diaryl/α,β-unsaturated/α-hetero) is 1. The molecule has 0 aliphatic heterocycles. The van der Waals surface area contributed by atoms with Gasteiger partial charge in [-0.05, 0) is 0 Å². The third-order valence-corrected chi connectivity index (χ3v) is 0.735. The molecule has 0 aliphatic rings. The Bertz CT molecular complexity index is 127. The smallest absolute Gasteiger partial charge is 1.00 e. The molecule has 50 valence electrons. The summed E-state index contributed by atoms with van der Waals surface area (Å²) >= 11 is 0. The van der Waals surface area contributed by atoms with Gasteiger partial charge in [0, 0.05) is 5.92 Å². The molecule has 0 atom stereocenters. The van der Waals surface area contributed by atoms with Crippen LogP contribution in [0.2, 0.25) is 0 Å². The molecule has 0 amide bonds. The Balaban J connectivity index is -0.0000000817. The first kappa shape index (κ1) is 12.4. The summed E-state index contributed by atoms with van der Waals surface area (Å²) in [6.45, 7) is 3.10. The minimum absolute atomic E-state index is 0. The van der Waals surface area contributed by atoms with E-state index in [-0.39, 0.29) is 51.7 Å². The number of carboxylic acids is 1. The first-order valence-corrected chi connectivity index (χ1v) is 2.33. The molecule has 1 N–H and O–H groups in total. The van der Waals surface area contributed by atoms with Crippen LogP contribution in [0.4, 0.5) is 0 Å². The number of hydrogen-bond donors (Lipinski definition) is 1. The van der Waals surface area contributed by atoms with Crippen molar-refractivity contribution in [2.75, 3.05) is 0 Å². The van der Waals surface area contributed by atoms with Gasteiger partial charge < -0.3 is 7.96 Å². The molecule has 0 radical (unpaired) electrons. The Hall–Kier alpha value is 0.711. The number of hydrogen-bond acceptors (Lipinski definition) is 2. The van der Waals surface area contributed by atoms with Crippen LogP contribution in [0.5, 0.6) is 0 Å². The first-order valence-electron chi connectivity index (χ1n) is 2.33. The van der Waals surface area contributed by atoms with Crippen molar-refractivity contribution in [3.63, 3.8) is 0 Å². The zero-order chi connectivity index (χ0) is 6.73. The van der Waals surface area contributed by atoms with Crippen molar-refractivity contribution in [1.29, 1.82) is 0 Å². The SMILES string of the molecule is CC(C)C(=O)C(=O)O.[Ba+2].[H-].[H-]. The van der Waals surface area contributed by atoms with Crippen LogP contribution < -0.4 is 0 Å². The summed E-state index contributed by atoms with van der Waals surface area (Å²) in [7, 11) is 0. The van der Waals surface area contributed by atoms with Crippen molar-refractivity contribution in [2.45, 2.75) is 13.8 Å². The first-order chi connectivity index (χ1) is 3.55. The summed E-state index contributed by atoms with van der Waals surface area (Å²) in [5.74, 6) is -2.47. The van der Waals surface area contributed by atoms with E-state index in [0.717, 1.165) is 0 Å². The Morgan fingerprint density at radius 1 is 1.44 bits per heavy atom. The molecule has 0 aromatic heterocycles. The molecule has 0 bridgehead atoms. The third kappa shape index (κ3) is 5.17. The third-order valence-electron chi connectivity index (χ3n) is 0.735. The van der Waals surface area contributed by atoms with Crippen LogP contribution in [-0.4, -0.2) is 65.7 Å². The Morgan fingerprint density at radius 3 is 1.78 bits per heavy atom. The second-order valence-electron chi connectivity index (χ2n) is 1.82. The molecule has 3 nitrogen and oxygen atoms in total. The van der Waals surface area contributed by atoms with Gasteiger partial charge >= 0.3 is 54.9 Å². The minimum atomic E-state index is -1.35. The van der Waals surface area contributed by atoms with Gasteiger partial charge in [0.15, 0.2) is 0 Å². The summed E-state index contributed by atoms with van der Waals surface area (Å²) in [6, 6.07) is 0. The van der Waals surface area contributed by atoms with Crippen LogP contribution in [0, 0.1) is 5.92 Å². The number of aliphatic carboxylic acids is 1. The molecular weight excluding hydrogens is 245 g/mol. The molecule has 9 heavy (non-hydrogen) atoms. The Labute approximate surface area is 96.9 Å². The summed E-state index contributed by atoms with van der Waals surface area (Å²) in [5, 5.41) is 8.00. The van der Waals surface area contributed by atoms with Gasteiger partial charge in [0.2, 0.25) is 5.78 Å². The number of ketones is 1. The molecule has 0 saturated heterocycles. The number of rotatable bonds is 2. The Kier molecular flexibility index (Phi) is 7.56. The van der Waals surface area contributed by atoms with Gasteiger partial charge in [0.05, 0.1) is 0 Å². The molecule has 0 fully saturated rings. The van der Waals surface area contributed by atoms with Gasteiger partial charge in [-0.1, -0.05) is 13.8 Å². The second-order valence-corrected chi connectivity index (χ2v) is 1.82. The second kappa shape index (κ2) is 5.49. The quantitative estimate of drug-likeness (QED) is 0.564. The average molecular weight is 255 g/mol. The van der Waals surface area contributed by atoms with E-state index in [1.807, 2.05) is 0 Å². The van der Waals surface area contributed by atoms with Gasteiger partial charge in [-0.25, -0.2) is 4.79 Å². The molecule has 0 rings (SSSR count). The van der Waals surface area contributed by atoms with Crippen LogP contribution >= 0.6 is 0 Å². The van der Waals surface area contributed by atoms with Gasteiger partial charge in [0.1, 0.15) is 0 Å². The molecule has 0 aromatic rings. The molecule has 0 aromatic carbocycles. The molecule has 0 aliphatic carbocycles. The van der Waals surface area contributed by atoms with Crippen molar-refractivity contribution in [2.24, 2.45) is 5.92 Å². The van der Waals surface area contributed by atoms with Gasteiger partial charge in [-0.3, -0.25) is 4.79 Å². The summed E-state index contributed by atoms with van der Waals surface area (Å²) in [6.07, 6.45) is 0. The zero-order valence-electron chi connectivity index (χ0n) is 7.55. The summed E-state index contributed by atoms with van der Waals surface area (Å²) in [4.78, 5) is 20.0. The predicted octanol–water partition coefficient (Wildman–Crippen LogP) is 0.140. The van der Waals surface area contributed by atoms with Gasteiger partial charge in [0.25, 0.3) is 0 Å². The monoisotopic (exact) mass is 256 g/mol. The maximum atomic E-state index is 10.2. The van der Waals surface area contributed by atoms with E-state index in [0.29, 0.717) is 0 Å². The minimum Gasteiger partial charge on any atom is -1.00 e. The van der Waals surface area contributed by atoms with Crippen molar-refractivity contribution >= 4 is 60.6 Å². The average Bonchev–Trinajstić information content (AvgIpc) is 1.64. The maximum absolute atomic E-state index is 10.2. The fraction of sp³-hybridized carbons (Fsp3) is 0.600. The molecule has 4 heteroatoms. The van der Waals surface area contributed by atoms with Crippen LogP contribution in [0.15, 0.2) is 0 Å². The zero-order valence-corrected chi connectivity index (χ0v) is 9.99. The summed E-state index contributed by atoms with van der Waals surface area (Å²) in [5.41, 5.74) is 0. The fourth-order valence-corrected chi connectivity index (χ4v) is 0.247. The number of carbonyl (C=O) groups is 2. The van der Waals surface area contributed by atoms with Crippen molar-refractivity contribution in [1.82, 2.24) is 0 Å². The van der Waals surface area contributed by atoms with E-state index in [9.17, 15) is 9.59 Å². The van der Waals surface area contributed by atoms with E-state index in [2.05, 4.69) is 0 Å². The molecule has 0 saturated carbocycles. The van der Waals surface area contributed by atoms with Gasteiger partial charge in [-0.15, -0.1) is 0 Å². The number of carboxylic acid groups (broad SMARTS) is 1. The molecular formula is C5H10BaO3. The van der Waals surface area contributed by atoms with E-state index < -0.39 is 17.7 Å². The van der Waals surface area contributed by atoms with Crippen LogP contribution in [0.3, 0.4) is 0 Å². The van der Waals surface area contributed by atoms with Crippen LogP contribution in [0.25, 0.3) is 0 Å². The van der Waals surface area contributed by atoms with Gasteiger partial charge in [-0.2, -0.15) is 0 Å². The standard InChI is InChI=1S/C5H8O3.Ba.2H/c1-3(2)4(6)5(7)8;;;/h3H,1-2H3,(H,7,8);;;/q;+2;2*-1. The van der Waals surface area contributed by atoms with E-state index in [1.165, 1.54) is 0 Å². The molecule has 0 unspecified atom stereocenters. The maximum Gasteiger partial charge on any atom is 2.00 e. The topological polar surface area (TPSA) is 54.4 Å². The van der Waals surface area contributed by atoms with E-state index in [4.69, 9.17) is 5.11 Å². The van der Waals surface area contributed by atoms with Crippen molar-refractivity contribution in [3.05, 3.63) is 0 Å². The summed E-state index contributed by atoms with van der Waals surface area (Å²) < 4.78 is 0. The largest absolute Gasteiger partial charge is 2.00 e. The van der Waals surface area contributed by atoms with Crippen molar-refractivity contribution < 1.29 is 17.5 Å². The fourth-order valence-electron chi connectivity index (χ4n) is 0.247. The van der Waals surface area contributed by atoms with Crippen LogP contribution in [-0.2, 0) is 9.59 Å². The van der Waals surface area contributed by atoms with Crippen LogP contribution in [0.1, 0.15) is 16.7 Å². The normalized spacial score (nSPS) is 8.33. The number of carbonyl (C=O) groups excluding carboxylic acids is 1.